The second-order valence-electron chi connectivity index (χ2n) is 5.51. The van der Waals surface area contributed by atoms with Gasteiger partial charge in [-0.3, -0.25) is 4.79 Å². The van der Waals surface area contributed by atoms with E-state index in [9.17, 15) is 4.79 Å². The highest BCUT2D eigenvalue weighted by Gasteiger charge is 2.09. The molecule has 0 bridgehead atoms. The number of rotatable bonds is 6. The third kappa shape index (κ3) is 4.77. The second kappa shape index (κ2) is 8.55. The zero-order chi connectivity index (χ0) is 19.2. The molecular weight excluding hydrogens is 412 g/mol. The first-order valence-corrected chi connectivity index (χ1v) is 8.80. The predicted octanol–water partition coefficient (Wildman–Crippen LogP) is 4.49. The lowest BCUT2D eigenvalue weighted by Crippen LogP contribution is -2.17. The van der Waals surface area contributed by atoms with Crippen LogP contribution in [0.3, 0.4) is 0 Å². The molecule has 0 aliphatic carbocycles. The van der Waals surface area contributed by atoms with Gasteiger partial charge in [0.15, 0.2) is 0 Å². The number of hydrogen-bond acceptors (Lipinski definition) is 5. The van der Waals surface area contributed by atoms with E-state index in [4.69, 9.17) is 13.9 Å². The molecule has 0 aliphatic rings. The zero-order valence-corrected chi connectivity index (χ0v) is 16.3. The van der Waals surface area contributed by atoms with Crippen LogP contribution in [0, 0.1) is 0 Å². The largest absolute Gasteiger partial charge is 0.497 e. The molecule has 0 spiro atoms. The Morgan fingerprint density at radius 3 is 2.48 bits per heavy atom. The molecule has 1 N–H and O–H groups in total. The minimum atomic E-state index is -0.387. The van der Waals surface area contributed by atoms with Gasteiger partial charge in [-0.25, -0.2) is 5.43 Å². The van der Waals surface area contributed by atoms with Crippen molar-refractivity contribution in [2.75, 3.05) is 14.2 Å². The lowest BCUT2D eigenvalue weighted by atomic mass is 10.2. The summed E-state index contributed by atoms with van der Waals surface area (Å²) in [5.74, 6) is 1.89. The van der Waals surface area contributed by atoms with E-state index in [1.54, 1.807) is 24.3 Å². The average Bonchev–Trinajstić information content (AvgIpc) is 3.16. The van der Waals surface area contributed by atoms with E-state index in [0.717, 1.165) is 10.0 Å². The highest BCUT2D eigenvalue weighted by Crippen LogP contribution is 2.25. The molecule has 6 nitrogen and oxygen atoms in total. The number of methoxy groups -OCH3 is 2. The number of halogens is 1. The van der Waals surface area contributed by atoms with Gasteiger partial charge in [-0.15, -0.1) is 0 Å². The zero-order valence-electron chi connectivity index (χ0n) is 14.7. The Kier molecular flexibility index (Phi) is 5.93. The van der Waals surface area contributed by atoms with E-state index in [0.29, 0.717) is 28.6 Å². The van der Waals surface area contributed by atoms with Crippen LogP contribution in [-0.2, 0) is 0 Å². The fraction of sp³-hybridized carbons (Fsp3) is 0.100. The molecule has 0 radical (unpaired) electrons. The summed E-state index contributed by atoms with van der Waals surface area (Å²) in [6.07, 6.45) is 1.44. The van der Waals surface area contributed by atoms with Gasteiger partial charge in [0.2, 0.25) is 0 Å². The molecule has 138 valence electrons. The number of furan rings is 1. The highest BCUT2D eigenvalue weighted by molar-refractivity contribution is 9.10. The third-order valence-corrected chi connectivity index (χ3v) is 4.20. The molecule has 0 saturated carbocycles. The van der Waals surface area contributed by atoms with Crippen molar-refractivity contribution >= 4 is 28.1 Å². The maximum atomic E-state index is 12.3. The number of carbonyl (C=O) groups excluding carboxylic acids is 1. The van der Waals surface area contributed by atoms with Crippen molar-refractivity contribution in [3.8, 4) is 22.8 Å². The van der Waals surface area contributed by atoms with E-state index in [-0.39, 0.29) is 5.91 Å². The first-order chi connectivity index (χ1) is 13.1. The van der Waals surface area contributed by atoms with Crippen LogP contribution in [0.15, 0.2) is 68.6 Å². The van der Waals surface area contributed by atoms with Crippen LogP contribution in [0.25, 0.3) is 11.3 Å². The Balaban J connectivity index is 1.68. The van der Waals surface area contributed by atoms with E-state index in [1.165, 1.54) is 20.4 Å². The van der Waals surface area contributed by atoms with Crippen molar-refractivity contribution in [1.82, 2.24) is 5.43 Å². The number of carbonyl (C=O) groups is 1. The topological polar surface area (TPSA) is 73.1 Å². The fourth-order valence-corrected chi connectivity index (χ4v) is 2.78. The minimum absolute atomic E-state index is 0.373. The summed E-state index contributed by atoms with van der Waals surface area (Å²) in [5, 5.41) is 3.94. The Hall–Kier alpha value is -3.06. The van der Waals surface area contributed by atoms with Crippen LogP contribution in [0.4, 0.5) is 0 Å². The number of nitrogens with one attached hydrogen (secondary N) is 1. The van der Waals surface area contributed by atoms with E-state index < -0.39 is 0 Å². The molecule has 0 fully saturated rings. The van der Waals surface area contributed by atoms with Gasteiger partial charge >= 0.3 is 0 Å². The SMILES string of the molecule is COc1cc(OC)cc(C(=O)N/N=C\c2ccc(-c3cccc(Br)c3)o2)c1. The van der Waals surface area contributed by atoms with E-state index in [2.05, 4.69) is 26.5 Å². The first kappa shape index (κ1) is 18.7. The van der Waals surface area contributed by atoms with Crippen LogP contribution in [0.1, 0.15) is 16.1 Å². The molecule has 27 heavy (non-hydrogen) atoms. The molecule has 0 atom stereocenters. The molecule has 1 heterocycles. The van der Waals surface area contributed by atoms with Crippen LogP contribution >= 0.6 is 15.9 Å². The second-order valence-corrected chi connectivity index (χ2v) is 6.43. The summed E-state index contributed by atoms with van der Waals surface area (Å²) in [5.41, 5.74) is 3.77. The van der Waals surface area contributed by atoms with Crippen molar-refractivity contribution in [1.29, 1.82) is 0 Å². The fourth-order valence-electron chi connectivity index (χ4n) is 2.38. The summed E-state index contributed by atoms with van der Waals surface area (Å²) in [4.78, 5) is 12.3. The summed E-state index contributed by atoms with van der Waals surface area (Å²) in [7, 11) is 3.04. The summed E-state index contributed by atoms with van der Waals surface area (Å²) < 4.78 is 17.0. The van der Waals surface area contributed by atoms with Crippen LogP contribution in [0.5, 0.6) is 11.5 Å². The molecule has 0 saturated heterocycles. The molecule has 0 unspecified atom stereocenters. The normalized spacial score (nSPS) is 10.8. The quantitative estimate of drug-likeness (QED) is 0.463. The molecular formula is C20H17BrN2O4. The Labute approximate surface area is 164 Å². The maximum absolute atomic E-state index is 12.3. The average molecular weight is 429 g/mol. The summed E-state index contributed by atoms with van der Waals surface area (Å²) in [6.45, 7) is 0. The van der Waals surface area contributed by atoms with Crippen LogP contribution < -0.4 is 14.9 Å². The van der Waals surface area contributed by atoms with Crippen molar-refractivity contribution in [2.24, 2.45) is 5.10 Å². The van der Waals surface area contributed by atoms with Crippen molar-refractivity contribution in [3.63, 3.8) is 0 Å². The lowest BCUT2D eigenvalue weighted by Gasteiger charge is -2.07. The maximum Gasteiger partial charge on any atom is 0.271 e. The lowest BCUT2D eigenvalue weighted by molar-refractivity contribution is 0.0954. The number of benzene rings is 2. The molecule has 1 aromatic heterocycles. The van der Waals surface area contributed by atoms with Gasteiger partial charge in [0, 0.05) is 21.7 Å². The van der Waals surface area contributed by atoms with Gasteiger partial charge in [-0.2, -0.15) is 5.10 Å². The van der Waals surface area contributed by atoms with Crippen LogP contribution in [0.2, 0.25) is 0 Å². The Morgan fingerprint density at radius 2 is 1.81 bits per heavy atom. The molecule has 0 aliphatic heterocycles. The van der Waals surface area contributed by atoms with Gasteiger partial charge in [0.25, 0.3) is 5.91 Å². The Bertz CT molecular complexity index is 959. The summed E-state index contributed by atoms with van der Waals surface area (Å²) >= 11 is 3.43. The minimum Gasteiger partial charge on any atom is -0.497 e. The molecule has 3 aromatic rings. The third-order valence-electron chi connectivity index (χ3n) is 3.71. The number of hydrazone groups is 1. The van der Waals surface area contributed by atoms with Gasteiger partial charge in [-0.05, 0) is 36.4 Å². The van der Waals surface area contributed by atoms with Crippen molar-refractivity contribution < 1.29 is 18.7 Å². The smallest absolute Gasteiger partial charge is 0.271 e. The Morgan fingerprint density at radius 1 is 1.07 bits per heavy atom. The van der Waals surface area contributed by atoms with Gasteiger partial charge in [0.05, 0.1) is 20.4 Å². The van der Waals surface area contributed by atoms with Crippen molar-refractivity contribution in [2.45, 2.75) is 0 Å². The van der Waals surface area contributed by atoms with Gasteiger partial charge in [-0.1, -0.05) is 28.1 Å². The molecule has 7 heteroatoms. The molecule has 3 rings (SSSR count). The van der Waals surface area contributed by atoms with Gasteiger partial charge in [0.1, 0.15) is 23.0 Å². The summed E-state index contributed by atoms with van der Waals surface area (Å²) in [6, 6.07) is 16.3. The first-order valence-electron chi connectivity index (χ1n) is 8.01. The molecule has 2 aromatic carbocycles. The standard InChI is InChI=1S/C20H17BrN2O4/c1-25-17-9-14(10-18(11-17)26-2)20(24)23-22-12-16-6-7-19(27-16)13-4-3-5-15(21)8-13/h3-12H,1-2H3,(H,23,24)/b22-12-. The number of hydrogen-bond donors (Lipinski definition) is 1. The van der Waals surface area contributed by atoms with Gasteiger partial charge < -0.3 is 13.9 Å². The van der Waals surface area contributed by atoms with Crippen molar-refractivity contribution in [3.05, 3.63) is 70.4 Å². The molecule has 1 amide bonds. The highest BCUT2D eigenvalue weighted by atomic mass is 79.9. The monoisotopic (exact) mass is 428 g/mol. The van der Waals surface area contributed by atoms with E-state index >= 15 is 0 Å². The number of nitrogens with zero attached hydrogens (tertiary/aromatic N) is 1. The number of amides is 1. The van der Waals surface area contributed by atoms with E-state index in [1.807, 2.05) is 30.3 Å². The predicted molar refractivity (Wildman–Crippen MR) is 106 cm³/mol. The number of ether oxygens (including phenoxy) is 2. The van der Waals surface area contributed by atoms with Crippen LogP contribution in [-0.4, -0.2) is 26.3 Å².